The van der Waals surface area contributed by atoms with Gasteiger partial charge < -0.3 is 9.64 Å². The lowest BCUT2D eigenvalue weighted by atomic mass is 9.81. The van der Waals surface area contributed by atoms with Crippen molar-refractivity contribution in [2.24, 2.45) is 5.92 Å². The number of hydrogen-bond donors (Lipinski definition) is 0. The normalized spacial score (nSPS) is 21.3. The Hall–Kier alpha value is -2.36. The number of aromatic nitrogens is 1. The minimum Gasteiger partial charge on any atom is -0.497 e. The molecule has 1 saturated heterocycles. The lowest BCUT2D eigenvalue weighted by Crippen LogP contribution is -2.42. The van der Waals surface area contributed by atoms with Crippen LogP contribution in [-0.2, 0) is 11.3 Å². The molecule has 2 heterocycles. The summed E-state index contributed by atoms with van der Waals surface area (Å²) < 4.78 is 5.23. The van der Waals surface area contributed by atoms with Crippen molar-refractivity contribution in [1.29, 1.82) is 0 Å². The summed E-state index contributed by atoms with van der Waals surface area (Å²) in [5.41, 5.74) is 2.20. The van der Waals surface area contributed by atoms with Crippen LogP contribution in [0.1, 0.15) is 30.5 Å². The van der Waals surface area contributed by atoms with Crippen LogP contribution in [0.15, 0.2) is 48.7 Å². The van der Waals surface area contributed by atoms with Crippen molar-refractivity contribution < 1.29 is 9.53 Å². The van der Waals surface area contributed by atoms with Gasteiger partial charge >= 0.3 is 0 Å². The Kier molecular flexibility index (Phi) is 4.60. The van der Waals surface area contributed by atoms with E-state index in [1.807, 2.05) is 35.2 Å². The maximum Gasteiger partial charge on any atom is 0.223 e. The molecule has 4 heteroatoms. The zero-order chi connectivity index (χ0) is 16.2. The van der Waals surface area contributed by atoms with Crippen molar-refractivity contribution in [3.8, 4) is 5.75 Å². The van der Waals surface area contributed by atoms with Gasteiger partial charge in [0.2, 0.25) is 5.91 Å². The van der Waals surface area contributed by atoms with Crippen molar-refractivity contribution >= 4 is 5.91 Å². The second kappa shape index (κ2) is 6.82. The molecule has 0 spiro atoms. The predicted molar refractivity (Wildman–Crippen MR) is 89.2 cm³/mol. The van der Waals surface area contributed by atoms with E-state index < -0.39 is 0 Å². The molecule has 0 saturated carbocycles. The molecule has 2 aromatic rings. The van der Waals surface area contributed by atoms with E-state index in [1.165, 1.54) is 5.56 Å². The molecule has 23 heavy (non-hydrogen) atoms. The Morgan fingerprint density at radius 2 is 2.00 bits per heavy atom. The Morgan fingerprint density at radius 1 is 1.22 bits per heavy atom. The fourth-order valence-electron chi connectivity index (χ4n) is 3.19. The smallest absolute Gasteiger partial charge is 0.223 e. The molecule has 0 N–H and O–H groups in total. The number of piperidine rings is 1. The third kappa shape index (κ3) is 3.52. The Bertz CT molecular complexity index is 655. The van der Waals surface area contributed by atoms with Crippen LogP contribution in [0.5, 0.6) is 5.75 Å². The maximum absolute atomic E-state index is 12.4. The zero-order valence-corrected chi connectivity index (χ0v) is 13.6. The van der Waals surface area contributed by atoms with E-state index >= 15 is 0 Å². The molecule has 0 aliphatic carbocycles. The summed E-state index contributed by atoms with van der Waals surface area (Å²) in [6.07, 6.45) is 2.36. The Balaban J connectivity index is 1.76. The van der Waals surface area contributed by atoms with Gasteiger partial charge in [-0.05, 0) is 35.7 Å². The minimum absolute atomic E-state index is 0.216. The lowest BCUT2D eigenvalue weighted by molar-refractivity contribution is -0.136. The molecule has 0 bridgehead atoms. The molecule has 3 rings (SSSR count). The highest BCUT2D eigenvalue weighted by atomic mass is 16.5. The number of carbonyl (C=O) groups is 1. The fraction of sp³-hybridized carbons (Fsp3) is 0.368. The number of hydrogen-bond acceptors (Lipinski definition) is 3. The molecule has 1 aromatic carbocycles. The van der Waals surface area contributed by atoms with E-state index in [0.717, 1.165) is 18.0 Å². The number of amides is 1. The topological polar surface area (TPSA) is 42.4 Å². The third-order valence-electron chi connectivity index (χ3n) is 4.58. The van der Waals surface area contributed by atoms with Gasteiger partial charge in [-0.15, -0.1) is 0 Å². The fourth-order valence-corrected chi connectivity index (χ4v) is 3.19. The first-order chi connectivity index (χ1) is 11.2. The minimum atomic E-state index is 0.216. The van der Waals surface area contributed by atoms with Gasteiger partial charge in [-0.25, -0.2) is 0 Å². The average molecular weight is 310 g/mol. The molecule has 120 valence electrons. The van der Waals surface area contributed by atoms with E-state index in [9.17, 15) is 4.79 Å². The Morgan fingerprint density at radius 3 is 2.65 bits per heavy atom. The van der Waals surface area contributed by atoms with Crippen LogP contribution in [0.2, 0.25) is 0 Å². The first-order valence-electron chi connectivity index (χ1n) is 7.99. The molecule has 1 fully saturated rings. The summed E-state index contributed by atoms with van der Waals surface area (Å²) in [5.74, 6) is 1.77. The molecule has 4 nitrogen and oxygen atoms in total. The van der Waals surface area contributed by atoms with E-state index in [1.54, 1.807) is 13.3 Å². The predicted octanol–water partition coefficient (Wildman–Crippen LogP) is 3.24. The van der Waals surface area contributed by atoms with Gasteiger partial charge in [-0.1, -0.05) is 25.1 Å². The van der Waals surface area contributed by atoms with Gasteiger partial charge in [0, 0.05) is 25.1 Å². The molecule has 1 amide bonds. The summed E-state index contributed by atoms with van der Waals surface area (Å²) in [4.78, 5) is 18.6. The molecule has 1 aliphatic heterocycles. The highest BCUT2D eigenvalue weighted by Gasteiger charge is 2.32. The standard InChI is InChI=1S/C19H22N2O2/c1-14-11-19(22)21(12-16-5-3-4-10-20-16)13-18(14)15-6-8-17(23-2)9-7-15/h3-10,14,18H,11-13H2,1-2H3. The van der Waals surface area contributed by atoms with Crippen molar-refractivity contribution in [2.45, 2.75) is 25.8 Å². The molecular weight excluding hydrogens is 288 g/mol. The van der Waals surface area contributed by atoms with E-state index in [2.05, 4.69) is 24.0 Å². The van der Waals surface area contributed by atoms with Crippen LogP contribution < -0.4 is 4.74 Å². The van der Waals surface area contributed by atoms with Crippen molar-refractivity contribution in [3.05, 3.63) is 59.9 Å². The van der Waals surface area contributed by atoms with Crippen molar-refractivity contribution in [1.82, 2.24) is 9.88 Å². The summed E-state index contributed by atoms with van der Waals surface area (Å²) in [6, 6.07) is 14.0. The number of benzene rings is 1. The monoisotopic (exact) mass is 310 g/mol. The molecule has 2 unspecified atom stereocenters. The van der Waals surface area contributed by atoms with Gasteiger partial charge in [0.1, 0.15) is 5.75 Å². The average Bonchev–Trinajstić information content (AvgIpc) is 2.58. The second-order valence-corrected chi connectivity index (χ2v) is 6.16. The number of ether oxygens (including phenoxy) is 1. The van der Waals surface area contributed by atoms with Crippen LogP contribution in [0.3, 0.4) is 0 Å². The summed E-state index contributed by atoms with van der Waals surface area (Å²) in [6.45, 7) is 3.48. The quantitative estimate of drug-likeness (QED) is 0.870. The SMILES string of the molecule is COc1ccc(C2CN(Cc3ccccn3)C(=O)CC2C)cc1. The molecule has 0 radical (unpaired) electrons. The Labute approximate surface area is 137 Å². The molecule has 1 aliphatic rings. The summed E-state index contributed by atoms with van der Waals surface area (Å²) in [5, 5.41) is 0. The number of rotatable bonds is 4. The number of carbonyl (C=O) groups excluding carboxylic acids is 1. The largest absolute Gasteiger partial charge is 0.497 e. The molecule has 1 aromatic heterocycles. The number of likely N-dealkylation sites (tertiary alicyclic amines) is 1. The van der Waals surface area contributed by atoms with E-state index in [4.69, 9.17) is 4.74 Å². The lowest BCUT2D eigenvalue weighted by Gasteiger charge is -2.37. The summed E-state index contributed by atoms with van der Waals surface area (Å²) >= 11 is 0. The van der Waals surface area contributed by atoms with Crippen LogP contribution >= 0.6 is 0 Å². The van der Waals surface area contributed by atoms with Crippen molar-refractivity contribution in [2.75, 3.05) is 13.7 Å². The number of methoxy groups -OCH3 is 1. The van der Waals surface area contributed by atoms with Gasteiger partial charge in [-0.2, -0.15) is 0 Å². The van der Waals surface area contributed by atoms with Crippen molar-refractivity contribution in [3.63, 3.8) is 0 Å². The number of pyridine rings is 1. The highest BCUT2D eigenvalue weighted by molar-refractivity contribution is 5.77. The first kappa shape index (κ1) is 15.5. The molecular formula is C19H22N2O2. The van der Waals surface area contributed by atoms with Gasteiger partial charge in [-0.3, -0.25) is 9.78 Å². The summed E-state index contributed by atoms with van der Waals surface area (Å²) in [7, 11) is 1.67. The van der Waals surface area contributed by atoms with Crippen LogP contribution in [0.25, 0.3) is 0 Å². The number of nitrogens with zero attached hydrogens (tertiary/aromatic N) is 2. The van der Waals surface area contributed by atoms with E-state index in [0.29, 0.717) is 24.8 Å². The van der Waals surface area contributed by atoms with Crippen LogP contribution in [0, 0.1) is 5.92 Å². The zero-order valence-electron chi connectivity index (χ0n) is 13.6. The maximum atomic E-state index is 12.4. The van der Waals surface area contributed by atoms with Gasteiger partial charge in [0.05, 0.1) is 19.3 Å². The molecule has 2 atom stereocenters. The highest BCUT2D eigenvalue weighted by Crippen LogP contribution is 2.34. The van der Waals surface area contributed by atoms with Crippen LogP contribution in [0.4, 0.5) is 0 Å². The van der Waals surface area contributed by atoms with Gasteiger partial charge in [0.25, 0.3) is 0 Å². The van der Waals surface area contributed by atoms with Gasteiger partial charge in [0.15, 0.2) is 0 Å². The van der Waals surface area contributed by atoms with E-state index in [-0.39, 0.29) is 5.91 Å². The third-order valence-corrected chi connectivity index (χ3v) is 4.58. The van der Waals surface area contributed by atoms with Crippen LogP contribution in [-0.4, -0.2) is 29.4 Å². The second-order valence-electron chi connectivity index (χ2n) is 6.16. The first-order valence-corrected chi connectivity index (χ1v) is 7.99.